The fourth-order valence-electron chi connectivity index (χ4n) is 15.2. The van der Waals surface area contributed by atoms with E-state index >= 15 is 0 Å². The van der Waals surface area contributed by atoms with Gasteiger partial charge in [0, 0.05) is 60.7 Å². The minimum Gasteiger partial charge on any atom is -0.456 e. The third-order valence-corrected chi connectivity index (χ3v) is 20.2. The Kier molecular flexibility index (Phi) is 10.9. The van der Waals surface area contributed by atoms with Crippen molar-refractivity contribution < 1.29 is 15.4 Å². The smallest absolute Gasteiger partial charge is 0.136 e. The Bertz CT molecular complexity index is 5950. The molecule has 4 nitrogen and oxygen atoms in total. The molecule has 1 unspecified atom stereocenters. The van der Waals surface area contributed by atoms with Gasteiger partial charge in [-0.2, -0.15) is 0 Å². The van der Waals surface area contributed by atoms with Gasteiger partial charge >= 0.3 is 0 Å². The quantitative estimate of drug-likeness (QED) is 0.166. The zero-order chi connectivity index (χ0) is 71.4. The van der Waals surface area contributed by atoms with Gasteiger partial charge < -0.3 is 18.5 Å². The van der Waals surface area contributed by atoms with Gasteiger partial charge in [0.2, 0.25) is 0 Å². The third kappa shape index (κ3) is 9.07. The molecule has 12 aromatic carbocycles. The van der Waals surface area contributed by atoms with Crippen molar-refractivity contribution in [3.63, 3.8) is 0 Å². The predicted molar refractivity (Wildman–Crippen MR) is 398 cm³/mol. The average Bonchev–Trinajstić information content (AvgIpc) is 1.37. The zero-order valence-corrected chi connectivity index (χ0v) is 55.5. The monoisotopic (exact) mass is 1230 g/mol. The van der Waals surface area contributed by atoms with E-state index in [2.05, 4.69) is 256 Å². The molecule has 3 aromatic heterocycles. The number of fused-ring (bicyclic) bond motifs is 13. The second kappa shape index (κ2) is 20.7. The van der Waals surface area contributed by atoms with E-state index in [1.54, 1.807) is 4.57 Å². The number of anilines is 3. The number of benzene rings is 12. The molecule has 0 bridgehead atoms. The van der Waals surface area contributed by atoms with Crippen LogP contribution in [0.3, 0.4) is 0 Å². The molecule has 1 aliphatic heterocycles. The van der Waals surface area contributed by atoms with Crippen molar-refractivity contribution >= 4 is 82.6 Å². The SMILES string of the molecule is [2H]c1c([2H])c([2H])c2c(c1[2H])c1c([2H])c([2H])c([2H])c([2H])c1n2-c1ccc2c(c1)N(c1c(-c3ccccc3)cc3oc4ccccc4c3c1-c1ccccc1)c1cc(-n3c4ccc(C(C)(C)C)cc4c4cc(C(C)(C)C)ccc43)cc3c1C2c1cc(-c2cc(C(C)(C)C)cc(C(C)(C)C)c2)ccc1C3. The molecule has 0 fully saturated rings. The molecule has 0 radical (unpaired) electrons. The van der Waals surface area contributed by atoms with Gasteiger partial charge in [-0.15, -0.1) is 0 Å². The van der Waals surface area contributed by atoms with E-state index in [4.69, 9.17) is 7.16 Å². The summed E-state index contributed by atoms with van der Waals surface area (Å²) in [6.45, 7) is 27.4. The zero-order valence-electron chi connectivity index (χ0n) is 63.5. The number of rotatable bonds is 6. The van der Waals surface area contributed by atoms with E-state index in [-0.39, 0.29) is 67.6 Å². The lowest BCUT2D eigenvalue weighted by atomic mass is 9.70. The molecule has 4 heteroatoms. The van der Waals surface area contributed by atoms with Gasteiger partial charge in [-0.1, -0.05) is 247 Å². The molecule has 1 atom stereocenters. The summed E-state index contributed by atoms with van der Waals surface area (Å²) in [5.74, 6) is -0.394. The highest BCUT2D eigenvalue weighted by Crippen LogP contribution is 2.61. The van der Waals surface area contributed by atoms with Crippen LogP contribution in [0.1, 0.15) is 150 Å². The molecule has 0 amide bonds. The number of para-hydroxylation sites is 3. The van der Waals surface area contributed by atoms with Crippen molar-refractivity contribution in [2.75, 3.05) is 4.90 Å². The molecular weight excluding hydrogens is 1140 g/mol. The first-order valence-corrected chi connectivity index (χ1v) is 33.1. The highest BCUT2D eigenvalue weighted by molar-refractivity contribution is 6.20. The average molecular weight is 1230 g/mol. The Labute approximate surface area is 563 Å². The number of hydrogen-bond donors (Lipinski definition) is 0. The lowest BCUT2D eigenvalue weighted by Gasteiger charge is -2.43. The molecule has 1 aliphatic carbocycles. The maximum atomic E-state index is 9.83. The Hall–Kier alpha value is -10.2. The number of furan rings is 1. The van der Waals surface area contributed by atoms with Crippen LogP contribution in [-0.4, -0.2) is 9.13 Å². The number of hydrogen-bond acceptors (Lipinski definition) is 2. The first kappa shape index (κ1) is 49.5. The Morgan fingerprint density at radius 1 is 0.383 bits per heavy atom. The summed E-state index contributed by atoms with van der Waals surface area (Å²) >= 11 is 0. The van der Waals surface area contributed by atoms with Crippen LogP contribution in [0.4, 0.5) is 17.1 Å². The van der Waals surface area contributed by atoms with Crippen molar-refractivity contribution in [2.24, 2.45) is 0 Å². The second-order valence-electron chi connectivity index (χ2n) is 30.4. The van der Waals surface area contributed by atoms with Crippen LogP contribution in [-0.2, 0) is 28.1 Å². The summed E-state index contributed by atoms with van der Waals surface area (Å²) in [7, 11) is 0. The van der Waals surface area contributed by atoms with Gasteiger partial charge in [0.25, 0.3) is 0 Å². The molecule has 0 N–H and O–H groups in total. The topological polar surface area (TPSA) is 26.2 Å². The van der Waals surface area contributed by atoms with E-state index in [9.17, 15) is 8.22 Å². The molecule has 4 heterocycles. The molecule has 94 heavy (non-hydrogen) atoms. The Morgan fingerprint density at radius 3 is 1.56 bits per heavy atom. The van der Waals surface area contributed by atoms with Gasteiger partial charge in [0.15, 0.2) is 0 Å². The van der Waals surface area contributed by atoms with Gasteiger partial charge in [0.05, 0.1) is 50.1 Å². The van der Waals surface area contributed by atoms with E-state index in [1.165, 1.54) is 38.6 Å². The minimum absolute atomic E-state index is 0.0153. The summed E-state index contributed by atoms with van der Waals surface area (Å²) in [5, 5.41) is 4.24. The normalized spacial score (nSPS) is 15.4. The molecule has 0 spiro atoms. The van der Waals surface area contributed by atoms with E-state index in [0.29, 0.717) is 17.7 Å². The van der Waals surface area contributed by atoms with Crippen LogP contribution in [0.2, 0.25) is 0 Å². The maximum absolute atomic E-state index is 9.83. The summed E-state index contributed by atoms with van der Waals surface area (Å²) in [6.07, 6.45) is 0.618. The second-order valence-corrected chi connectivity index (χ2v) is 30.4. The molecular formula is C90H79N3O. The lowest BCUT2D eigenvalue weighted by molar-refractivity contribution is 0.569. The van der Waals surface area contributed by atoms with Gasteiger partial charge in [-0.3, -0.25) is 0 Å². The fraction of sp³-hybridized carbons (Fsp3) is 0.200. The molecule has 460 valence electrons. The lowest BCUT2D eigenvalue weighted by Crippen LogP contribution is -2.28. The minimum atomic E-state index is -0.495. The standard InChI is InChI=1S/C90H79N3O/c1-87(2,3)60-37-41-76-72(49-60)73-50-61(88(4,5)6)38-42-77(73)92(76)65-46-59-43-57-36-35-56(58-44-62(89(7,8)9)48-63(45-58)90(10,11)12)47-70(57)84-68-40-39-64(91-74-32-22-19-29-66(74)67-30-20-23-33-75(67)91)51-78(68)93(79(52-65)82(59)84)86-71(54-25-15-13-16-26-54)53-81-85(69-31-21-24-34-80(69)94-81)83(86)55-27-17-14-18-28-55/h13-42,44-53,84H,43H2,1-12H3/i19D,20D,22D,23D,29D,30D,32D,33D. The van der Waals surface area contributed by atoms with E-state index in [1.807, 2.05) is 30.3 Å². The molecule has 15 aromatic rings. The highest BCUT2D eigenvalue weighted by Gasteiger charge is 2.42. The molecule has 2 aliphatic rings. The van der Waals surface area contributed by atoms with Crippen molar-refractivity contribution in [3.8, 4) is 44.8 Å². The van der Waals surface area contributed by atoms with Gasteiger partial charge in [-0.05, 0) is 179 Å². The van der Waals surface area contributed by atoms with E-state index < -0.39 is 30.1 Å². The predicted octanol–water partition coefficient (Wildman–Crippen LogP) is 24.8. The van der Waals surface area contributed by atoms with Crippen LogP contribution < -0.4 is 4.90 Å². The van der Waals surface area contributed by atoms with Crippen LogP contribution in [0.15, 0.2) is 247 Å². The van der Waals surface area contributed by atoms with Crippen molar-refractivity contribution in [1.29, 1.82) is 0 Å². The van der Waals surface area contributed by atoms with Gasteiger partial charge in [0.1, 0.15) is 11.2 Å². The van der Waals surface area contributed by atoms with E-state index in [0.717, 1.165) is 106 Å². The third-order valence-electron chi connectivity index (χ3n) is 20.2. The summed E-state index contributed by atoms with van der Waals surface area (Å²) in [6, 6.07) is 67.4. The van der Waals surface area contributed by atoms with Crippen LogP contribution in [0, 0.1) is 0 Å². The largest absolute Gasteiger partial charge is 0.456 e. The number of nitrogens with zero attached hydrogens (tertiary/aromatic N) is 3. The first-order valence-electron chi connectivity index (χ1n) is 37.1. The maximum Gasteiger partial charge on any atom is 0.136 e. The Morgan fingerprint density at radius 2 is 0.947 bits per heavy atom. The summed E-state index contributed by atoms with van der Waals surface area (Å²) in [5.41, 5.74) is 23.7. The summed E-state index contributed by atoms with van der Waals surface area (Å²) in [4.78, 5) is 2.46. The van der Waals surface area contributed by atoms with Crippen molar-refractivity contribution in [2.45, 2.75) is 117 Å². The molecule has 17 rings (SSSR count). The number of aromatic nitrogens is 2. The van der Waals surface area contributed by atoms with Crippen LogP contribution in [0.5, 0.6) is 0 Å². The fourth-order valence-corrected chi connectivity index (χ4v) is 15.2. The first-order chi connectivity index (χ1) is 48.5. The highest BCUT2D eigenvalue weighted by atomic mass is 16.3. The summed E-state index contributed by atoms with van der Waals surface area (Å²) < 4.78 is 86.6. The van der Waals surface area contributed by atoms with Crippen LogP contribution in [0.25, 0.3) is 110 Å². The van der Waals surface area contributed by atoms with Crippen LogP contribution >= 0.6 is 0 Å². The van der Waals surface area contributed by atoms with Crippen molar-refractivity contribution in [1.82, 2.24) is 9.13 Å². The Balaban J connectivity index is 1.07. The van der Waals surface area contributed by atoms with Crippen molar-refractivity contribution in [3.05, 3.63) is 293 Å². The van der Waals surface area contributed by atoms with Gasteiger partial charge in [-0.25, -0.2) is 0 Å². The molecule has 0 saturated heterocycles. The molecule has 0 saturated carbocycles.